The molecule has 0 saturated heterocycles. The highest BCUT2D eigenvalue weighted by Gasteiger charge is 2.20. The third-order valence-electron chi connectivity index (χ3n) is 4.43. The third-order valence-corrected chi connectivity index (χ3v) is 5.37. The minimum atomic E-state index is -0.358. The van der Waals surface area contributed by atoms with Crippen molar-refractivity contribution in [3.63, 3.8) is 0 Å². The van der Waals surface area contributed by atoms with Crippen LogP contribution in [-0.4, -0.2) is 20.7 Å². The molecule has 1 amide bonds. The molecule has 3 heterocycles. The number of hydrogen-bond acceptors (Lipinski definition) is 4. The number of pyridine rings is 1. The van der Waals surface area contributed by atoms with Crippen LogP contribution < -0.4 is 5.32 Å². The summed E-state index contributed by atoms with van der Waals surface area (Å²) in [4.78, 5) is 18.2. The zero-order valence-corrected chi connectivity index (χ0v) is 15.6. The number of nitrogens with one attached hydrogen (secondary N) is 1. The van der Waals surface area contributed by atoms with Gasteiger partial charge in [0, 0.05) is 23.5 Å². The monoisotopic (exact) mass is 380 g/mol. The largest absolute Gasteiger partial charge is 0.340 e. The summed E-state index contributed by atoms with van der Waals surface area (Å²) in [6.45, 7) is 1.89. The molecule has 7 heteroatoms. The zero-order valence-electron chi connectivity index (χ0n) is 14.8. The van der Waals surface area contributed by atoms with Gasteiger partial charge < -0.3 is 5.32 Å². The zero-order chi connectivity index (χ0) is 19.0. The number of fused-ring (bicyclic) bond motifs is 1. The molecule has 5 nitrogen and oxygen atoms in total. The Balaban J connectivity index is 1.67. The summed E-state index contributed by atoms with van der Waals surface area (Å²) in [6, 6.07) is 11.5. The van der Waals surface area contributed by atoms with Crippen molar-refractivity contribution < 1.29 is 9.18 Å². The average molecular weight is 380 g/mol. The molecule has 0 aliphatic rings. The average Bonchev–Trinajstić information content (AvgIpc) is 3.29. The van der Waals surface area contributed by atoms with Gasteiger partial charge in [-0.05, 0) is 42.1 Å². The molecule has 3 aromatic heterocycles. The highest BCUT2D eigenvalue weighted by atomic mass is 32.1. The second-order valence-electron chi connectivity index (χ2n) is 6.28. The first kappa shape index (κ1) is 17.4. The second kappa shape index (κ2) is 6.92. The van der Waals surface area contributed by atoms with Gasteiger partial charge in [-0.2, -0.15) is 5.10 Å². The second-order valence-corrected chi connectivity index (χ2v) is 7.26. The van der Waals surface area contributed by atoms with Crippen molar-refractivity contribution in [2.75, 3.05) is 0 Å². The van der Waals surface area contributed by atoms with Gasteiger partial charge in [-0.3, -0.25) is 9.48 Å². The van der Waals surface area contributed by atoms with Crippen LogP contribution in [-0.2, 0) is 7.05 Å². The molecular weight excluding hydrogens is 363 g/mol. The van der Waals surface area contributed by atoms with Crippen LogP contribution in [0, 0.1) is 12.7 Å². The summed E-state index contributed by atoms with van der Waals surface area (Å²) in [5.74, 6) is -0.549. The number of aryl methyl sites for hydroxylation is 2. The van der Waals surface area contributed by atoms with Gasteiger partial charge in [0.25, 0.3) is 5.91 Å². The molecule has 0 spiro atoms. The molecule has 0 aliphatic heterocycles. The van der Waals surface area contributed by atoms with Crippen LogP contribution in [0.4, 0.5) is 4.39 Å². The molecule has 1 N–H and O–H groups in total. The SMILES string of the molecule is Cc1nn(C)c2ncc(C(=O)N[C@@H](c3ccc(F)cc3)c3cccs3)cc12. The van der Waals surface area contributed by atoms with Crippen LogP contribution in [0.5, 0.6) is 0 Å². The van der Waals surface area contributed by atoms with E-state index in [1.807, 2.05) is 31.5 Å². The quantitative estimate of drug-likeness (QED) is 0.582. The van der Waals surface area contributed by atoms with Gasteiger partial charge in [0.05, 0.1) is 17.3 Å². The highest BCUT2D eigenvalue weighted by Crippen LogP contribution is 2.27. The first-order valence-corrected chi connectivity index (χ1v) is 9.30. The Hall–Kier alpha value is -3.06. The Morgan fingerprint density at radius 3 is 2.74 bits per heavy atom. The van der Waals surface area contributed by atoms with Crippen molar-refractivity contribution in [3.05, 3.63) is 81.6 Å². The van der Waals surface area contributed by atoms with Crippen molar-refractivity contribution in [2.24, 2.45) is 7.05 Å². The molecule has 0 unspecified atom stereocenters. The molecule has 4 rings (SSSR count). The van der Waals surface area contributed by atoms with Crippen molar-refractivity contribution >= 4 is 28.3 Å². The Labute approximate surface area is 159 Å². The lowest BCUT2D eigenvalue weighted by atomic mass is 10.0. The molecule has 0 radical (unpaired) electrons. The van der Waals surface area contributed by atoms with Gasteiger partial charge in [-0.15, -0.1) is 11.3 Å². The highest BCUT2D eigenvalue weighted by molar-refractivity contribution is 7.10. The number of benzene rings is 1. The lowest BCUT2D eigenvalue weighted by Gasteiger charge is -2.18. The van der Waals surface area contributed by atoms with Crippen molar-refractivity contribution in [3.8, 4) is 0 Å². The van der Waals surface area contributed by atoms with E-state index < -0.39 is 0 Å². The maximum atomic E-state index is 13.3. The number of hydrogen-bond donors (Lipinski definition) is 1. The Bertz CT molecular complexity index is 1100. The number of carbonyl (C=O) groups excluding carboxylic acids is 1. The van der Waals surface area contributed by atoms with E-state index in [9.17, 15) is 9.18 Å². The summed E-state index contributed by atoms with van der Waals surface area (Å²) in [7, 11) is 1.82. The fourth-order valence-corrected chi connectivity index (χ4v) is 3.88. The minimum Gasteiger partial charge on any atom is -0.340 e. The Morgan fingerprint density at radius 1 is 1.26 bits per heavy atom. The van der Waals surface area contributed by atoms with Crippen LogP contribution in [0.2, 0.25) is 0 Å². The lowest BCUT2D eigenvalue weighted by Crippen LogP contribution is -2.29. The lowest BCUT2D eigenvalue weighted by molar-refractivity contribution is 0.0943. The molecule has 0 saturated carbocycles. The molecule has 0 bridgehead atoms. The number of nitrogens with zero attached hydrogens (tertiary/aromatic N) is 3. The normalized spacial score (nSPS) is 12.3. The number of amides is 1. The molecule has 136 valence electrons. The van der Waals surface area contributed by atoms with Crippen LogP contribution in [0.3, 0.4) is 0 Å². The van der Waals surface area contributed by atoms with E-state index in [2.05, 4.69) is 15.4 Å². The number of aromatic nitrogens is 3. The van der Waals surface area contributed by atoms with Crippen LogP contribution in [0.1, 0.15) is 32.5 Å². The standard InChI is InChI=1S/C20H17FN4OS/c1-12-16-10-14(11-22-19(16)25(2)24-12)20(26)23-18(17-4-3-9-27-17)13-5-7-15(21)8-6-13/h3-11,18H,1-2H3,(H,23,26)/t18-/m0/s1. The van der Waals surface area contributed by atoms with Crippen molar-refractivity contribution in [1.82, 2.24) is 20.1 Å². The van der Waals surface area contributed by atoms with E-state index in [4.69, 9.17) is 0 Å². The van der Waals surface area contributed by atoms with Gasteiger partial charge in [0.1, 0.15) is 5.82 Å². The van der Waals surface area contributed by atoms with E-state index in [0.717, 1.165) is 27.2 Å². The van der Waals surface area contributed by atoms with E-state index in [1.54, 1.807) is 29.1 Å². The molecule has 1 aromatic carbocycles. The predicted molar refractivity (Wildman–Crippen MR) is 103 cm³/mol. The minimum absolute atomic E-state index is 0.240. The molecule has 1 atom stereocenters. The topological polar surface area (TPSA) is 59.8 Å². The maximum Gasteiger partial charge on any atom is 0.253 e. The third kappa shape index (κ3) is 3.33. The predicted octanol–water partition coefficient (Wildman–Crippen LogP) is 4.00. The van der Waals surface area contributed by atoms with Crippen LogP contribution in [0.25, 0.3) is 11.0 Å². The summed E-state index contributed by atoms with van der Waals surface area (Å²) < 4.78 is 15.0. The Kier molecular flexibility index (Phi) is 4.45. The molecule has 0 fully saturated rings. The van der Waals surface area contributed by atoms with Gasteiger partial charge in [-0.1, -0.05) is 18.2 Å². The van der Waals surface area contributed by atoms with E-state index >= 15 is 0 Å². The molecular formula is C20H17FN4OS. The summed E-state index contributed by atoms with van der Waals surface area (Å²) in [5.41, 5.74) is 2.83. The van der Waals surface area contributed by atoms with Crippen molar-refractivity contribution in [1.29, 1.82) is 0 Å². The van der Waals surface area contributed by atoms with Gasteiger partial charge in [0.2, 0.25) is 0 Å². The first-order valence-electron chi connectivity index (χ1n) is 8.42. The van der Waals surface area contributed by atoms with Gasteiger partial charge in [-0.25, -0.2) is 9.37 Å². The van der Waals surface area contributed by atoms with Crippen LogP contribution in [0.15, 0.2) is 54.0 Å². The number of rotatable bonds is 4. The smallest absolute Gasteiger partial charge is 0.253 e. The fraction of sp³-hybridized carbons (Fsp3) is 0.150. The maximum absolute atomic E-state index is 13.3. The molecule has 27 heavy (non-hydrogen) atoms. The number of carbonyl (C=O) groups is 1. The first-order chi connectivity index (χ1) is 13.0. The fourth-order valence-electron chi connectivity index (χ4n) is 3.08. The number of thiophene rings is 1. The summed E-state index contributed by atoms with van der Waals surface area (Å²) >= 11 is 1.54. The van der Waals surface area contributed by atoms with E-state index in [-0.39, 0.29) is 17.8 Å². The Morgan fingerprint density at radius 2 is 2.04 bits per heavy atom. The van der Waals surface area contributed by atoms with Gasteiger partial charge >= 0.3 is 0 Å². The summed E-state index contributed by atoms with van der Waals surface area (Å²) in [6.07, 6.45) is 1.55. The van der Waals surface area contributed by atoms with Crippen LogP contribution >= 0.6 is 11.3 Å². The molecule has 4 aromatic rings. The van der Waals surface area contributed by atoms with Gasteiger partial charge in [0.15, 0.2) is 5.65 Å². The van der Waals surface area contributed by atoms with E-state index in [1.165, 1.54) is 23.5 Å². The summed E-state index contributed by atoms with van der Waals surface area (Å²) in [5, 5.41) is 10.2. The van der Waals surface area contributed by atoms with Crippen molar-refractivity contribution in [2.45, 2.75) is 13.0 Å². The number of halogens is 1. The molecule has 0 aliphatic carbocycles. The van der Waals surface area contributed by atoms with E-state index in [0.29, 0.717) is 5.56 Å².